The highest BCUT2D eigenvalue weighted by Gasteiger charge is 2.28. The quantitative estimate of drug-likeness (QED) is 0.772. The monoisotopic (exact) mass is 257 g/mol. The van der Waals surface area contributed by atoms with Crippen LogP contribution in [0.2, 0.25) is 0 Å². The average Bonchev–Trinajstić information content (AvgIpc) is 2.70. The number of hydrogen-bond donors (Lipinski definition) is 2. The van der Waals surface area contributed by atoms with Crippen molar-refractivity contribution in [2.75, 3.05) is 6.54 Å². The smallest absolute Gasteiger partial charge is 0.240 e. The number of nitrogens with one attached hydrogen (secondary N) is 1. The molecule has 5 nitrogen and oxygen atoms in total. The summed E-state index contributed by atoms with van der Waals surface area (Å²) < 4.78 is 0. The predicted molar refractivity (Wildman–Crippen MR) is 71.5 cm³/mol. The molecule has 1 aromatic heterocycles. The number of nitrogens with two attached hydrogens (primary N) is 1. The second-order valence-corrected chi connectivity index (χ2v) is 4.82. The van der Waals surface area contributed by atoms with Gasteiger partial charge in [0.2, 0.25) is 5.91 Å². The normalized spacial score (nSPS) is 19.3. The van der Waals surface area contributed by atoms with Gasteiger partial charge in [0.1, 0.15) is 6.29 Å². The van der Waals surface area contributed by atoms with Crippen LogP contribution in [0, 0.1) is 0 Å². The molecule has 1 aromatic carbocycles. The molecule has 2 aromatic rings. The van der Waals surface area contributed by atoms with Crippen molar-refractivity contribution in [3.63, 3.8) is 0 Å². The van der Waals surface area contributed by atoms with Crippen LogP contribution in [0.3, 0.4) is 0 Å². The van der Waals surface area contributed by atoms with Crippen molar-refractivity contribution in [3.05, 3.63) is 35.5 Å². The molecule has 0 spiro atoms. The molecule has 98 valence electrons. The summed E-state index contributed by atoms with van der Waals surface area (Å²) in [5, 5.41) is 1.11. The largest absolute Gasteiger partial charge is 0.357 e. The first-order chi connectivity index (χ1) is 9.20. The van der Waals surface area contributed by atoms with E-state index in [4.69, 9.17) is 5.73 Å². The number of para-hydroxylation sites is 1. The molecule has 1 amide bonds. The summed E-state index contributed by atoms with van der Waals surface area (Å²) in [5.41, 5.74) is 9.05. The van der Waals surface area contributed by atoms with Gasteiger partial charge in [0, 0.05) is 16.6 Å². The van der Waals surface area contributed by atoms with E-state index in [1.165, 1.54) is 4.90 Å². The lowest BCUT2D eigenvalue weighted by Gasteiger charge is -2.19. The molecule has 0 aliphatic carbocycles. The lowest BCUT2D eigenvalue weighted by atomic mass is 10.0. The first-order valence-corrected chi connectivity index (χ1v) is 6.27. The zero-order valence-corrected chi connectivity index (χ0v) is 10.4. The maximum Gasteiger partial charge on any atom is 0.240 e. The van der Waals surface area contributed by atoms with Crippen molar-refractivity contribution in [3.8, 4) is 0 Å². The zero-order chi connectivity index (χ0) is 13.4. The predicted octanol–water partition coefficient (Wildman–Crippen LogP) is 0.579. The van der Waals surface area contributed by atoms with Crippen LogP contribution < -0.4 is 5.73 Å². The lowest BCUT2D eigenvalue weighted by Crippen LogP contribution is -2.43. The van der Waals surface area contributed by atoms with E-state index in [2.05, 4.69) is 4.98 Å². The number of amides is 1. The van der Waals surface area contributed by atoms with Crippen LogP contribution in [0.4, 0.5) is 0 Å². The minimum atomic E-state index is -0.583. The molecule has 0 saturated heterocycles. The standard InChI is InChI=1S/C14H15N3O2/c15-11-7-10-9-3-1-2-4-12(9)16-13(10)8-17(5-6-18)14(11)19/h1-4,6,11,16H,5,7-8,15H2/t11-/m0/s1. The van der Waals surface area contributed by atoms with Gasteiger partial charge in [-0.2, -0.15) is 0 Å². The number of aldehydes is 1. The first-order valence-electron chi connectivity index (χ1n) is 6.27. The van der Waals surface area contributed by atoms with E-state index in [9.17, 15) is 9.59 Å². The van der Waals surface area contributed by atoms with E-state index < -0.39 is 6.04 Å². The van der Waals surface area contributed by atoms with Gasteiger partial charge >= 0.3 is 0 Å². The summed E-state index contributed by atoms with van der Waals surface area (Å²) in [4.78, 5) is 27.6. The third-order valence-corrected chi connectivity index (χ3v) is 3.60. The Morgan fingerprint density at radius 2 is 2.21 bits per heavy atom. The second kappa shape index (κ2) is 4.51. The number of H-pyrrole nitrogens is 1. The zero-order valence-electron chi connectivity index (χ0n) is 10.4. The Labute approximate surface area is 110 Å². The second-order valence-electron chi connectivity index (χ2n) is 4.82. The van der Waals surface area contributed by atoms with Crippen molar-refractivity contribution in [1.29, 1.82) is 0 Å². The Bertz CT molecular complexity index is 647. The number of carbonyl (C=O) groups excluding carboxylic acids is 2. The van der Waals surface area contributed by atoms with Crippen molar-refractivity contribution in [1.82, 2.24) is 9.88 Å². The van der Waals surface area contributed by atoms with Crippen molar-refractivity contribution >= 4 is 23.1 Å². The highest BCUT2D eigenvalue weighted by atomic mass is 16.2. The molecular formula is C14H15N3O2. The van der Waals surface area contributed by atoms with Crippen molar-refractivity contribution in [2.45, 2.75) is 19.0 Å². The fourth-order valence-electron chi connectivity index (χ4n) is 2.68. The lowest BCUT2D eigenvalue weighted by molar-refractivity contribution is -0.134. The molecule has 0 unspecified atom stereocenters. The molecule has 1 atom stereocenters. The highest BCUT2D eigenvalue weighted by molar-refractivity contribution is 5.89. The van der Waals surface area contributed by atoms with Gasteiger partial charge in [0.25, 0.3) is 0 Å². The van der Waals surface area contributed by atoms with E-state index in [0.29, 0.717) is 13.0 Å². The van der Waals surface area contributed by atoms with Gasteiger partial charge in [-0.05, 0) is 18.1 Å². The van der Waals surface area contributed by atoms with Crippen LogP contribution in [0.1, 0.15) is 11.3 Å². The number of hydrogen-bond acceptors (Lipinski definition) is 3. The summed E-state index contributed by atoms with van der Waals surface area (Å²) in [7, 11) is 0. The maximum atomic E-state index is 12.1. The topological polar surface area (TPSA) is 79.2 Å². The Hall–Kier alpha value is -2.14. The SMILES string of the molecule is N[C@H]1Cc2c([nH]c3ccccc23)CN(CC=O)C1=O. The van der Waals surface area contributed by atoms with Gasteiger partial charge in [0.15, 0.2) is 0 Å². The van der Waals surface area contributed by atoms with Gasteiger partial charge in [-0.25, -0.2) is 0 Å². The Balaban J connectivity index is 2.10. The van der Waals surface area contributed by atoms with Crippen LogP contribution in [0.5, 0.6) is 0 Å². The molecule has 1 aliphatic heterocycles. The molecule has 0 bridgehead atoms. The Morgan fingerprint density at radius 3 is 3.00 bits per heavy atom. The third kappa shape index (κ3) is 1.92. The van der Waals surface area contributed by atoms with Gasteiger partial charge in [0.05, 0.1) is 19.1 Å². The Kier molecular flexibility index (Phi) is 2.83. The fraction of sp³-hybridized carbons (Fsp3) is 0.286. The minimum Gasteiger partial charge on any atom is -0.357 e. The number of aromatic nitrogens is 1. The average molecular weight is 257 g/mol. The molecule has 0 radical (unpaired) electrons. The van der Waals surface area contributed by atoms with Crippen LogP contribution in [-0.4, -0.2) is 34.7 Å². The maximum absolute atomic E-state index is 12.1. The fourth-order valence-corrected chi connectivity index (χ4v) is 2.68. The van der Waals surface area contributed by atoms with Crippen LogP contribution >= 0.6 is 0 Å². The van der Waals surface area contributed by atoms with Gasteiger partial charge < -0.3 is 20.4 Å². The molecule has 0 fully saturated rings. The number of carbonyl (C=O) groups is 2. The molecule has 3 rings (SSSR count). The number of rotatable bonds is 2. The van der Waals surface area contributed by atoms with Crippen LogP contribution in [0.15, 0.2) is 24.3 Å². The first kappa shape index (κ1) is 11.9. The molecular weight excluding hydrogens is 242 g/mol. The van der Waals surface area contributed by atoms with E-state index in [-0.39, 0.29) is 12.5 Å². The van der Waals surface area contributed by atoms with E-state index in [1.54, 1.807) is 0 Å². The van der Waals surface area contributed by atoms with Gasteiger partial charge in [-0.3, -0.25) is 4.79 Å². The Morgan fingerprint density at radius 1 is 1.42 bits per heavy atom. The van der Waals surface area contributed by atoms with E-state index in [0.717, 1.165) is 28.4 Å². The summed E-state index contributed by atoms with van der Waals surface area (Å²) in [6.45, 7) is 0.497. The highest BCUT2D eigenvalue weighted by Crippen LogP contribution is 2.27. The van der Waals surface area contributed by atoms with Gasteiger partial charge in [-0.1, -0.05) is 18.2 Å². The summed E-state index contributed by atoms with van der Waals surface area (Å²) in [5.74, 6) is -0.166. The van der Waals surface area contributed by atoms with E-state index in [1.807, 2.05) is 24.3 Å². The van der Waals surface area contributed by atoms with Crippen LogP contribution in [-0.2, 0) is 22.6 Å². The molecule has 19 heavy (non-hydrogen) atoms. The number of nitrogens with zero attached hydrogens (tertiary/aromatic N) is 1. The summed E-state index contributed by atoms with van der Waals surface area (Å²) in [6, 6.07) is 7.38. The number of benzene rings is 1. The number of aromatic amines is 1. The summed E-state index contributed by atoms with van der Waals surface area (Å²) >= 11 is 0. The minimum absolute atomic E-state index is 0.0847. The number of fused-ring (bicyclic) bond motifs is 3. The van der Waals surface area contributed by atoms with Gasteiger partial charge in [-0.15, -0.1) is 0 Å². The molecule has 0 saturated carbocycles. The molecule has 5 heteroatoms. The molecule has 2 heterocycles. The molecule has 3 N–H and O–H groups in total. The van der Waals surface area contributed by atoms with Crippen molar-refractivity contribution < 1.29 is 9.59 Å². The van der Waals surface area contributed by atoms with Crippen LogP contribution in [0.25, 0.3) is 10.9 Å². The van der Waals surface area contributed by atoms with E-state index >= 15 is 0 Å². The summed E-state index contributed by atoms with van der Waals surface area (Å²) in [6.07, 6.45) is 1.24. The van der Waals surface area contributed by atoms with Crippen molar-refractivity contribution in [2.24, 2.45) is 5.73 Å². The molecule has 1 aliphatic rings. The third-order valence-electron chi connectivity index (χ3n) is 3.60.